The summed E-state index contributed by atoms with van der Waals surface area (Å²) >= 11 is 12.4. The lowest BCUT2D eigenvalue weighted by Crippen LogP contribution is -2.26. The van der Waals surface area contributed by atoms with Crippen molar-refractivity contribution < 1.29 is 4.79 Å². The van der Waals surface area contributed by atoms with Crippen molar-refractivity contribution in [1.29, 1.82) is 0 Å². The minimum atomic E-state index is -0.236. The Morgan fingerprint density at radius 2 is 2.29 bits per heavy atom. The molecule has 1 atom stereocenters. The maximum atomic E-state index is 11.9. The highest BCUT2D eigenvalue weighted by Gasteiger charge is 2.23. The zero-order chi connectivity index (χ0) is 15.0. The van der Waals surface area contributed by atoms with Crippen LogP contribution in [0.5, 0.6) is 0 Å². The lowest BCUT2D eigenvalue weighted by atomic mass is 10.3. The maximum Gasteiger partial charge on any atom is 0.222 e. The Morgan fingerprint density at radius 3 is 2.95 bits per heavy atom. The van der Waals surface area contributed by atoms with E-state index in [2.05, 4.69) is 10.3 Å². The number of aromatic nitrogens is 2. The molecule has 0 spiro atoms. The summed E-state index contributed by atoms with van der Waals surface area (Å²) in [5.74, 6) is 0.827. The van der Waals surface area contributed by atoms with Crippen LogP contribution in [0.1, 0.15) is 37.4 Å². The van der Waals surface area contributed by atoms with Crippen molar-refractivity contribution in [2.75, 3.05) is 0 Å². The van der Waals surface area contributed by atoms with Crippen LogP contribution in [0.3, 0.4) is 0 Å². The van der Waals surface area contributed by atoms with Gasteiger partial charge >= 0.3 is 0 Å². The molecule has 2 aromatic rings. The number of para-hydroxylation sites is 1. The molecule has 6 heteroatoms. The summed E-state index contributed by atoms with van der Waals surface area (Å²) in [5, 5.41) is 3.36. The van der Waals surface area contributed by atoms with Gasteiger partial charge in [-0.1, -0.05) is 17.7 Å². The van der Waals surface area contributed by atoms with Crippen LogP contribution in [-0.2, 0) is 11.3 Å². The van der Waals surface area contributed by atoms with E-state index in [9.17, 15) is 4.79 Å². The number of aryl methyl sites for hydroxylation is 1. The molecule has 1 saturated carbocycles. The number of carbonyl (C=O) groups is 1. The van der Waals surface area contributed by atoms with E-state index < -0.39 is 0 Å². The van der Waals surface area contributed by atoms with Gasteiger partial charge in [-0.2, -0.15) is 0 Å². The number of imidazole rings is 1. The highest BCUT2D eigenvalue weighted by Crippen LogP contribution is 2.29. The van der Waals surface area contributed by atoms with Crippen LogP contribution in [0.25, 0.3) is 11.0 Å². The largest absolute Gasteiger partial charge is 0.353 e. The summed E-state index contributed by atoms with van der Waals surface area (Å²) in [5.41, 5.74) is 1.66. The average molecular weight is 326 g/mol. The Labute approximate surface area is 133 Å². The second-order valence-corrected chi connectivity index (χ2v) is 6.50. The van der Waals surface area contributed by atoms with E-state index in [0.717, 1.165) is 29.7 Å². The molecule has 21 heavy (non-hydrogen) atoms. The Bertz CT molecular complexity index is 677. The van der Waals surface area contributed by atoms with Gasteiger partial charge in [-0.3, -0.25) is 4.79 Å². The first-order valence-corrected chi connectivity index (χ1v) is 7.96. The summed E-state index contributed by atoms with van der Waals surface area (Å²) in [6, 6.07) is 6.04. The van der Waals surface area contributed by atoms with E-state index in [-0.39, 0.29) is 11.3 Å². The van der Waals surface area contributed by atoms with Crippen molar-refractivity contribution in [3.63, 3.8) is 0 Å². The number of hydrogen-bond acceptors (Lipinski definition) is 2. The molecule has 4 nitrogen and oxygen atoms in total. The number of amides is 1. The minimum Gasteiger partial charge on any atom is -0.353 e. The average Bonchev–Trinajstić information content (AvgIpc) is 3.15. The van der Waals surface area contributed by atoms with Crippen LogP contribution in [-0.4, -0.2) is 21.5 Å². The third-order valence-corrected chi connectivity index (χ3v) is 4.12. The number of benzene rings is 1. The summed E-state index contributed by atoms with van der Waals surface area (Å²) in [6.07, 6.45) is 2.61. The standard InChI is InChI=1S/C15H17Cl2N3O/c1-9(16)15-19-14-11(17)3-2-4-12(14)20(15)8-7-13(21)18-10-5-6-10/h2-4,9-10H,5-8H2,1H3,(H,18,21). The van der Waals surface area contributed by atoms with Crippen molar-refractivity contribution in [3.05, 3.63) is 29.0 Å². The molecule has 1 aromatic carbocycles. The van der Waals surface area contributed by atoms with Crippen LogP contribution in [0.2, 0.25) is 5.02 Å². The predicted molar refractivity (Wildman–Crippen MR) is 84.8 cm³/mol. The van der Waals surface area contributed by atoms with Crippen molar-refractivity contribution in [2.45, 2.75) is 44.1 Å². The van der Waals surface area contributed by atoms with Crippen LogP contribution >= 0.6 is 23.2 Å². The summed E-state index contributed by atoms with van der Waals surface area (Å²) in [7, 11) is 0. The first-order chi connectivity index (χ1) is 10.1. The van der Waals surface area contributed by atoms with Crippen LogP contribution in [0, 0.1) is 0 Å². The van der Waals surface area contributed by atoms with Crippen LogP contribution in [0.15, 0.2) is 18.2 Å². The fourth-order valence-corrected chi connectivity index (χ4v) is 2.79. The van der Waals surface area contributed by atoms with Crippen LogP contribution in [0.4, 0.5) is 0 Å². The highest BCUT2D eigenvalue weighted by molar-refractivity contribution is 6.35. The van der Waals surface area contributed by atoms with Crippen molar-refractivity contribution in [3.8, 4) is 0 Å². The van der Waals surface area contributed by atoms with E-state index in [1.54, 1.807) is 0 Å². The van der Waals surface area contributed by atoms with Gasteiger partial charge in [-0.25, -0.2) is 4.98 Å². The first-order valence-electron chi connectivity index (χ1n) is 7.14. The van der Waals surface area contributed by atoms with Gasteiger partial charge in [-0.05, 0) is 31.9 Å². The van der Waals surface area contributed by atoms with Gasteiger partial charge in [0.05, 0.1) is 15.9 Å². The Morgan fingerprint density at radius 1 is 1.52 bits per heavy atom. The van der Waals surface area contributed by atoms with Gasteiger partial charge < -0.3 is 9.88 Å². The van der Waals surface area contributed by atoms with Crippen LogP contribution < -0.4 is 5.32 Å². The third kappa shape index (κ3) is 3.16. The number of carbonyl (C=O) groups excluding carboxylic acids is 1. The van der Waals surface area contributed by atoms with Gasteiger partial charge in [0.2, 0.25) is 5.91 Å². The number of halogens is 2. The Hall–Kier alpha value is -1.26. The number of fused-ring (bicyclic) bond motifs is 1. The summed E-state index contributed by atoms with van der Waals surface area (Å²) in [6.45, 7) is 2.43. The molecule has 1 heterocycles. The minimum absolute atomic E-state index is 0.0783. The maximum absolute atomic E-state index is 11.9. The van der Waals surface area contributed by atoms with Gasteiger partial charge in [0, 0.05) is 19.0 Å². The molecular weight excluding hydrogens is 309 g/mol. The Balaban J connectivity index is 1.86. The summed E-state index contributed by atoms with van der Waals surface area (Å²) in [4.78, 5) is 16.4. The quantitative estimate of drug-likeness (QED) is 0.853. The molecule has 0 saturated heterocycles. The smallest absolute Gasteiger partial charge is 0.222 e. The van der Waals surface area contributed by atoms with Gasteiger partial charge in [0.15, 0.2) is 0 Å². The lowest BCUT2D eigenvalue weighted by molar-refractivity contribution is -0.121. The molecule has 1 unspecified atom stereocenters. The molecule has 1 aliphatic carbocycles. The molecule has 112 valence electrons. The highest BCUT2D eigenvalue weighted by atomic mass is 35.5. The van der Waals surface area contributed by atoms with Crippen molar-refractivity contribution in [1.82, 2.24) is 14.9 Å². The fourth-order valence-electron chi connectivity index (χ4n) is 2.41. The monoisotopic (exact) mass is 325 g/mol. The second-order valence-electron chi connectivity index (χ2n) is 5.44. The zero-order valence-electron chi connectivity index (χ0n) is 11.8. The predicted octanol–water partition coefficient (Wildman–Crippen LogP) is 3.66. The van der Waals surface area contributed by atoms with E-state index in [1.807, 2.05) is 29.7 Å². The first kappa shape index (κ1) is 14.7. The van der Waals surface area contributed by atoms with E-state index in [0.29, 0.717) is 24.0 Å². The molecule has 1 amide bonds. The molecule has 1 aliphatic rings. The molecule has 1 N–H and O–H groups in total. The number of hydrogen-bond donors (Lipinski definition) is 1. The molecule has 3 rings (SSSR count). The fraction of sp³-hybridized carbons (Fsp3) is 0.467. The lowest BCUT2D eigenvalue weighted by Gasteiger charge is -2.10. The van der Waals surface area contributed by atoms with Crippen molar-refractivity contribution >= 4 is 40.1 Å². The van der Waals surface area contributed by atoms with E-state index in [4.69, 9.17) is 23.2 Å². The second kappa shape index (κ2) is 5.85. The molecule has 0 aliphatic heterocycles. The topological polar surface area (TPSA) is 46.9 Å². The molecule has 1 fully saturated rings. The zero-order valence-corrected chi connectivity index (χ0v) is 13.3. The number of alkyl halides is 1. The number of nitrogens with one attached hydrogen (secondary N) is 1. The van der Waals surface area contributed by atoms with Gasteiger partial charge in [0.1, 0.15) is 11.3 Å². The number of rotatable bonds is 5. The van der Waals surface area contributed by atoms with Crippen molar-refractivity contribution in [2.24, 2.45) is 0 Å². The van der Waals surface area contributed by atoms with Gasteiger partial charge in [0.25, 0.3) is 0 Å². The SMILES string of the molecule is CC(Cl)c1nc2c(Cl)cccc2n1CCC(=O)NC1CC1. The number of nitrogens with zero attached hydrogens (tertiary/aromatic N) is 2. The molecule has 1 aromatic heterocycles. The summed E-state index contributed by atoms with van der Waals surface area (Å²) < 4.78 is 1.99. The van der Waals surface area contributed by atoms with E-state index in [1.165, 1.54) is 0 Å². The van der Waals surface area contributed by atoms with Gasteiger partial charge in [-0.15, -0.1) is 11.6 Å². The van der Waals surface area contributed by atoms with E-state index >= 15 is 0 Å². The normalized spacial score (nSPS) is 16.1. The molecular formula is C15H17Cl2N3O. The third-order valence-electron chi connectivity index (χ3n) is 3.62. The molecule has 0 bridgehead atoms. The Kier molecular flexibility index (Phi) is 4.09. The molecule has 0 radical (unpaired) electrons.